The van der Waals surface area contributed by atoms with Crippen LogP contribution in [0.5, 0.6) is 11.5 Å². The van der Waals surface area contributed by atoms with E-state index in [0.29, 0.717) is 39.8 Å². The number of halogens is 3. The van der Waals surface area contributed by atoms with Gasteiger partial charge in [0, 0.05) is 42.8 Å². The summed E-state index contributed by atoms with van der Waals surface area (Å²) in [5.41, 5.74) is 1.41. The quantitative estimate of drug-likeness (QED) is 0.310. The molecule has 0 atom stereocenters. The highest BCUT2D eigenvalue weighted by atomic mass is 19.4. The van der Waals surface area contributed by atoms with Gasteiger partial charge in [0.15, 0.2) is 0 Å². The second kappa shape index (κ2) is 9.72. The van der Waals surface area contributed by atoms with Crippen molar-refractivity contribution in [3.63, 3.8) is 0 Å². The molecule has 4 aromatic rings. The summed E-state index contributed by atoms with van der Waals surface area (Å²) in [4.78, 5) is 16.0. The smallest absolute Gasteiger partial charge is 0.416 e. The Labute approximate surface area is 198 Å². The number of carbonyl (C=O) groups is 1. The van der Waals surface area contributed by atoms with Crippen LogP contribution in [0.25, 0.3) is 11.1 Å². The second-order valence-corrected chi connectivity index (χ2v) is 7.49. The number of ether oxygens (including phenoxy) is 1. The number of benzene rings is 2. The van der Waals surface area contributed by atoms with Crippen LogP contribution in [0.1, 0.15) is 5.56 Å². The van der Waals surface area contributed by atoms with Crippen LogP contribution in [0, 0.1) is 0 Å². The molecule has 2 N–H and O–H groups in total. The first kappa shape index (κ1) is 23.6. The zero-order valence-corrected chi connectivity index (χ0v) is 18.5. The van der Waals surface area contributed by atoms with E-state index in [9.17, 15) is 18.0 Å². The number of alkyl halides is 3. The van der Waals surface area contributed by atoms with Gasteiger partial charge in [-0.1, -0.05) is 24.8 Å². The number of hydrogen-bond donors (Lipinski definition) is 2. The Morgan fingerprint density at radius 1 is 1.09 bits per heavy atom. The van der Waals surface area contributed by atoms with Crippen LogP contribution in [-0.4, -0.2) is 20.7 Å². The van der Waals surface area contributed by atoms with Gasteiger partial charge in [0.05, 0.1) is 17.4 Å². The summed E-state index contributed by atoms with van der Waals surface area (Å²) >= 11 is 0. The molecule has 0 unspecified atom stereocenters. The molecule has 0 saturated carbocycles. The van der Waals surface area contributed by atoms with E-state index in [-0.39, 0.29) is 5.91 Å². The van der Waals surface area contributed by atoms with E-state index in [4.69, 9.17) is 4.74 Å². The van der Waals surface area contributed by atoms with Gasteiger partial charge in [-0.2, -0.15) is 18.3 Å². The number of hydrogen-bond acceptors (Lipinski definition) is 5. The molecule has 2 aromatic heterocycles. The van der Waals surface area contributed by atoms with Gasteiger partial charge in [0.1, 0.15) is 17.3 Å². The molecule has 0 fully saturated rings. The molecule has 2 heterocycles. The molecule has 0 saturated heterocycles. The normalized spacial score (nSPS) is 11.1. The number of carbonyl (C=O) groups excluding carboxylic acids is 1. The third-order valence-electron chi connectivity index (χ3n) is 4.88. The van der Waals surface area contributed by atoms with Crippen molar-refractivity contribution in [2.45, 2.75) is 6.18 Å². The minimum Gasteiger partial charge on any atom is -0.456 e. The van der Waals surface area contributed by atoms with Crippen LogP contribution in [0.3, 0.4) is 0 Å². The van der Waals surface area contributed by atoms with Gasteiger partial charge in [-0.25, -0.2) is 4.98 Å². The van der Waals surface area contributed by atoms with E-state index >= 15 is 0 Å². The lowest BCUT2D eigenvalue weighted by Gasteiger charge is -2.15. The average Bonchev–Trinajstić information content (AvgIpc) is 3.23. The van der Waals surface area contributed by atoms with E-state index < -0.39 is 11.7 Å². The number of nitrogens with zero attached hydrogens (tertiary/aromatic N) is 3. The Hall–Kier alpha value is -4.60. The average molecular weight is 479 g/mol. The lowest BCUT2D eigenvalue weighted by Crippen LogP contribution is -2.07. The van der Waals surface area contributed by atoms with Crippen molar-refractivity contribution in [1.29, 1.82) is 0 Å². The Balaban J connectivity index is 1.70. The van der Waals surface area contributed by atoms with E-state index in [0.717, 1.165) is 18.2 Å². The van der Waals surface area contributed by atoms with Crippen molar-refractivity contribution < 1.29 is 22.7 Å². The SMILES string of the molecule is C=CC(=O)Nc1cccc(Oc2cc(Nc3cnn(C)c3)ncc2-c2ccc(C(F)(F)F)cc2)c1. The highest BCUT2D eigenvalue weighted by molar-refractivity contribution is 5.98. The Bertz CT molecular complexity index is 1360. The summed E-state index contributed by atoms with van der Waals surface area (Å²) in [6.07, 6.45) is 1.61. The fourth-order valence-corrected chi connectivity index (χ4v) is 3.24. The van der Waals surface area contributed by atoms with Crippen molar-refractivity contribution in [3.05, 3.63) is 91.4 Å². The zero-order chi connectivity index (χ0) is 25.0. The summed E-state index contributed by atoms with van der Waals surface area (Å²) in [6, 6.07) is 13.1. The number of aromatic nitrogens is 3. The highest BCUT2D eigenvalue weighted by Gasteiger charge is 2.30. The number of nitrogens with one attached hydrogen (secondary N) is 2. The van der Waals surface area contributed by atoms with Crippen molar-refractivity contribution in [2.75, 3.05) is 10.6 Å². The molecular weight excluding hydrogens is 459 g/mol. The van der Waals surface area contributed by atoms with Gasteiger partial charge in [-0.3, -0.25) is 9.48 Å². The molecule has 0 bridgehead atoms. The third kappa shape index (κ3) is 5.85. The molecule has 35 heavy (non-hydrogen) atoms. The van der Waals surface area contributed by atoms with Gasteiger partial charge in [-0.15, -0.1) is 0 Å². The number of anilines is 3. The minimum absolute atomic E-state index is 0.346. The monoisotopic (exact) mass is 479 g/mol. The molecular formula is C25H20F3N5O2. The fraction of sp³-hybridized carbons (Fsp3) is 0.0800. The third-order valence-corrected chi connectivity index (χ3v) is 4.88. The topological polar surface area (TPSA) is 81.1 Å². The molecule has 0 aliphatic heterocycles. The molecule has 4 rings (SSSR count). The standard InChI is InChI=1S/C25H20F3N5O2/c1-3-24(34)32-18-5-4-6-20(11-18)35-22-12-23(31-19-13-30-33(2)15-19)29-14-21(22)16-7-9-17(10-8-16)25(26,27)28/h3-15H,1H2,2H3,(H,29,31)(H,32,34). The Morgan fingerprint density at radius 3 is 2.51 bits per heavy atom. The van der Waals surface area contributed by atoms with Gasteiger partial charge in [-0.05, 0) is 35.9 Å². The first-order valence-corrected chi connectivity index (χ1v) is 10.4. The van der Waals surface area contributed by atoms with E-state index in [1.807, 2.05) is 0 Å². The van der Waals surface area contributed by atoms with Gasteiger partial charge in [0.2, 0.25) is 5.91 Å². The molecule has 10 heteroatoms. The second-order valence-electron chi connectivity index (χ2n) is 7.49. The summed E-state index contributed by atoms with van der Waals surface area (Å²) < 4.78 is 46.8. The number of rotatable bonds is 7. The highest BCUT2D eigenvalue weighted by Crippen LogP contribution is 2.37. The summed E-state index contributed by atoms with van der Waals surface area (Å²) in [5, 5.41) is 9.86. The molecule has 0 radical (unpaired) electrons. The molecule has 2 aromatic carbocycles. The van der Waals surface area contributed by atoms with Crippen molar-refractivity contribution in [3.8, 4) is 22.6 Å². The number of amides is 1. The minimum atomic E-state index is -4.44. The van der Waals surface area contributed by atoms with Crippen molar-refractivity contribution in [2.24, 2.45) is 7.05 Å². The molecule has 7 nitrogen and oxygen atoms in total. The summed E-state index contributed by atoms with van der Waals surface area (Å²) in [7, 11) is 1.78. The summed E-state index contributed by atoms with van der Waals surface area (Å²) in [5.74, 6) is 0.816. The molecule has 178 valence electrons. The van der Waals surface area contributed by atoms with Crippen LogP contribution < -0.4 is 15.4 Å². The molecule has 1 amide bonds. The molecule has 0 spiro atoms. The van der Waals surface area contributed by atoms with Crippen LogP contribution in [0.4, 0.5) is 30.4 Å². The number of aryl methyl sites for hydroxylation is 1. The Kier molecular flexibility index (Phi) is 6.54. The molecule has 0 aliphatic carbocycles. The van der Waals surface area contributed by atoms with Crippen molar-refractivity contribution in [1.82, 2.24) is 14.8 Å². The van der Waals surface area contributed by atoms with Crippen LogP contribution in [-0.2, 0) is 18.0 Å². The molecule has 0 aliphatic rings. The maximum absolute atomic E-state index is 13.0. The maximum atomic E-state index is 13.0. The van der Waals surface area contributed by atoms with E-state index in [1.54, 1.807) is 54.5 Å². The maximum Gasteiger partial charge on any atom is 0.416 e. The number of pyridine rings is 1. The van der Waals surface area contributed by atoms with Crippen LogP contribution in [0.2, 0.25) is 0 Å². The Morgan fingerprint density at radius 2 is 1.86 bits per heavy atom. The lowest BCUT2D eigenvalue weighted by atomic mass is 10.0. The van der Waals surface area contributed by atoms with Gasteiger partial charge in [0.25, 0.3) is 0 Å². The van der Waals surface area contributed by atoms with Crippen LogP contribution in [0.15, 0.2) is 85.8 Å². The predicted molar refractivity (Wildman–Crippen MR) is 127 cm³/mol. The van der Waals surface area contributed by atoms with Gasteiger partial charge < -0.3 is 15.4 Å². The first-order chi connectivity index (χ1) is 16.7. The van der Waals surface area contributed by atoms with E-state index in [1.165, 1.54) is 18.3 Å². The van der Waals surface area contributed by atoms with Gasteiger partial charge >= 0.3 is 6.18 Å². The predicted octanol–water partition coefficient (Wildman–Crippen LogP) is 6.16. The summed E-state index contributed by atoms with van der Waals surface area (Å²) in [6.45, 7) is 3.43. The first-order valence-electron chi connectivity index (χ1n) is 10.4. The fourth-order valence-electron chi connectivity index (χ4n) is 3.24. The zero-order valence-electron chi connectivity index (χ0n) is 18.5. The van der Waals surface area contributed by atoms with Crippen molar-refractivity contribution >= 4 is 23.1 Å². The largest absolute Gasteiger partial charge is 0.456 e. The van der Waals surface area contributed by atoms with E-state index in [2.05, 4.69) is 27.3 Å². The van der Waals surface area contributed by atoms with Crippen LogP contribution >= 0.6 is 0 Å². The lowest BCUT2D eigenvalue weighted by molar-refractivity contribution is -0.137.